The summed E-state index contributed by atoms with van der Waals surface area (Å²) in [5, 5.41) is 22.8. The molecule has 13 heteroatoms. The fourth-order valence-corrected chi connectivity index (χ4v) is 7.09. The summed E-state index contributed by atoms with van der Waals surface area (Å²) in [6.45, 7) is 8.68. The number of rotatable bonds is 8. The number of aliphatic carboxylic acids is 1. The predicted molar refractivity (Wildman–Crippen MR) is 166 cm³/mol. The molecule has 1 atom stereocenters. The predicted octanol–water partition coefficient (Wildman–Crippen LogP) is 6.76. The van der Waals surface area contributed by atoms with Crippen LogP contribution in [-0.4, -0.2) is 44.8 Å². The number of aryl methyl sites for hydroxylation is 1. The molecule has 45 heavy (non-hydrogen) atoms. The van der Waals surface area contributed by atoms with E-state index in [0.717, 1.165) is 16.9 Å². The van der Waals surface area contributed by atoms with Crippen LogP contribution in [0.3, 0.4) is 0 Å². The zero-order valence-electron chi connectivity index (χ0n) is 24.8. The molecule has 1 aliphatic heterocycles. The molecule has 232 valence electrons. The number of nitrogens with zero attached hydrogens (tertiary/aromatic N) is 5. The zero-order chi connectivity index (χ0) is 32.3. The SMILES string of the molecule is CCN(CC)c1ccc2c(C(F)(F)F)c(-c3ccc(CC4(C)C(C(=O)O)=Nn5c(-c6cccc(C)c6)nnc54)s3)c(=O)oc2c1. The quantitative estimate of drug-likeness (QED) is 0.188. The Kier molecular flexibility index (Phi) is 7.39. The Morgan fingerprint density at radius 2 is 1.84 bits per heavy atom. The van der Waals surface area contributed by atoms with Gasteiger partial charge < -0.3 is 14.4 Å². The van der Waals surface area contributed by atoms with Gasteiger partial charge in [0.05, 0.1) is 16.5 Å². The number of carboxylic acid groups (broad SMARTS) is 1. The molecule has 0 spiro atoms. The second-order valence-corrected chi connectivity index (χ2v) is 12.2. The summed E-state index contributed by atoms with van der Waals surface area (Å²) in [6.07, 6.45) is -4.81. The van der Waals surface area contributed by atoms with E-state index in [1.807, 2.05) is 49.9 Å². The van der Waals surface area contributed by atoms with Gasteiger partial charge in [0, 0.05) is 52.0 Å². The summed E-state index contributed by atoms with van der Waals surface area (Å²) >= 11 is 0.960. The third kappa shape index (κ3) is 5.10. The van der Waals surface area contributed by atoms with Crippen LogP contribution in [0.25, 0.3) is 32.8 Å². The van der Waals surface area contributed by atoms with Crippen molar-refractivity contribution in [2.75, 3.05) is 18.0 Å². The molecule has 4 heterocycles. The van der Waals surface area contributed by atoms with Crippen molar-refractivity contribution in [2.24, 2.45) is 5.10 Å². The maximum absolute atomic E-state index is 14.6. The molecule has 6 rings (SSSR count). The summed E-state index contributed by atoms with van der Waals surface area (Å²) in [5.41, 5.74) is -2.03. The Morgan fingerprint density at radius 1 is 1.09 bits per heavy atom. The fourth-order valence-electron chi connectivity index (χ4n) is 5.89. The number of anilines is 1. The summed E-state index contributed by atoms with van der Waals surface area (Å²) in [4.78, 5) is 28.1. The number of thiophene rings is 1. The monoisotopic (exact) mass is 635 g/mol. The molecule has 0 saturated carbocycles. The van der Waals surface area contributed by atoms with Gasteiger partial charge in [0.25, 0.3) is 0 Å². The average Bonchev–Trinajstić information content (AvgIpc) is 3.68. The molecule has 2 aromatic carbocycles. The number of carboxylic acids is 1. The number of aromatic nitrogens is 3. The minimum atomic E-state index is -4.85. The highest BCUT2D eigenvalue weighted by Crippen LogP contribution is 2.44. The smallest absolute Gasteiger partial charge is 0.418 e. The number of hydrogen-bond donors (Lipinski definition) is 1. The number of hydrogen-bond acceptors (Lipinski definition) is 8. The molecule has 0 amide bonds. The van der Waals surface area contributed by atoms with Gasteiger partial charge in [-0.15, -0.1) is 21.5 Å². The van der Waals surface area contributed by atoms with E-state index < -0.39 is 34.3 Å². The van der Waals surface area contributed by atoms with Crippen molar-refractivity contribution in [1.82, 2.24) is 14.9 Å². The van der Waals surface area contributed by atoms with Gasteiger partial charge in [-0.3, -0.25) is 0 Å². The number of benzene rings is 2. The van der Waals surface area contributed by atoms with Crippen LogP contribution in [0.4, 0.5) is 18.9 Å². The van der Waals surface area contributed by atoms with Crippen LogP contribution in [-0.2, 0) is 22.8 Å². The molecule has 0 saturated heterocycles. The van der Waals surface area contributed by atoms with Crippen molar-refractivity contribution in [3.8, 4) is 21.8 Å². The molecule has 0 aliphatic carbocycles. The highest BCUT2D eigenvalue weighted by atomic mass is 32.1. The van der Waals surface area contributed by atoms with Gasteiger partial charge >= 0.3 is 17.8 Å². The highest BCUT2D eigenvalue weighted by molar-refractivity contribution is 7.15. The minimum Gasteiger partial charge on any atom is -0.477 e. The van der Waals surface area contributed by atoms with Gasteiger partial charge in [0.15, 0.2) is 17.4 Å². The first-order chi connectivity index (χ1) is 21.3. The van der Waals surface area contributed by atoms with Gasteiger partial charge in [0.1, 0.15) is 5.58 Å². The Morgan fingerprint density at radius 3 is 2.51 bits per heavy atom. The average molecular weight is 636 g/mol. The van der Waals surface area contributed by atoms with Gasteiger partial charge in [-0.25, -0.2) is 9.59 Å². The van der Waals surface area contributed by atoms with Crippen LogP contribution in [0.1, 0.15) is 42.6 Å². The summed E-state index contributed by atoms with van der Waals surface area (Å²) in [5.74, 6) is -0.596. The second-order valence-electron chi connectivity index (χ2n) is 11.0. The minimum absolute atomic E-state index is 0.0439. The maximum atomic E-state index is 14.6. The standard InChI is InChI=1S/C32H28F3N5O4S/c1-5-39(6-2)19-10-12-21-22(15-19)44-29(43)24(25(21)32(33,34)35)23-13-11-20(45-23)16-31(4)26(28(41)42)38-40-27(36-37-30(31)40)18-9-7-8-17(3)14-18/h7-15H,5-6,16H2,1-4H3,(H,41,42). The van der Waals surface area contributed by atoms with Crippen molar-refractivity contribution in [3.63, 3.8) is 0 Å². The number of fused-ring (bicyclic) bond motifs is 2. The third-order valence-corrected chi connectivity index (χ3v) is 9.18. The lowest BCUT2D eigenvalue weighted by molar-refractivity contribution is -0.136. The Labute approximate surface area is 259 Å². The van der Waals surface area contributed by atoms with Crippen molar-refractivity contribution < 1.29 is 27.5 Å². The van der Waals surface area contributed by atoms with Crippen LogP contribution >= 0.6 is 11.3 Å². The van der Waals surface area contributed by atoms with Crippen LogP contribution < -0.4 is 10.5 Å². The van der Waals surface area contributed by atoms with E-state index >= 15 is 0 Å². The normalized spacial score (nSPS) is 16.2. The molecule has 5 aromatic rings. The molecular formula is C32H28F3N5O4S. The largest absolute Gasteiger partial charge is 0.477 e. The first-order valence-electron chi connectivity index (χ1n) is 14.2. The maximum Gasteiger partial charge on any atom is 0.418 e. The number of halogens is 3. The molecule has 1 unspecified atom stereocenters. The van der Waals surface area contributed by atoms with Crippen molar-refractivity contribution in [3.05, 3.63) is 86.8 Å². The van der Waals surface area contributed by atoms with Crippen LogP contribution in [0.2, 0.25) is 0 Å². The molecular weight excluding hydrogens is 607 g/mol. The molecule has 3 aromatic heterocycles. The van der Waals surface area contributed by atoms with Gasteiger partial charge in [-0.1, -0.05) is 23.8 Å². The number of carbonyl (C=O) groups is 1. The van der Waals surface area contributed by atoms with Crippen molar-refractivity contribution in [2.45, 2.75) is 45.7 Å². The Balaban J connectivity index is 1.42. The third-order valence-electron chi connectivity index (χ3n) is 8.07. The second kappa shape index (κ2) is 11.0. The van der Waals surface area contributed by atoms with Crippen LogP contribution in [0.5, 0.6) is 0 Å². The lowest BCUT2D eigenvalue weighted by atomic mass is 9.81. The topological polar surface area (TPSA) is 114 Å². The fraction of sp³-hybridized carbons (Fsp3) is 0.281. The number of alkyl halides is 3. The highest BCUT2D eigenvalue weighted by Gasteiger charge is 2.47. The molecule has 9 nitrogen and oxygen atoms in total. The van der Waals surface area contributed by atoms with Crippen molar-refractivity contribution in [1.29, 1.82) is 0 Å². The first-order valence-corrected chi connectivity index (χ1v) is 15.0. The molecule has 0 radical (unpaired) electrons. The van der Waals surface area contributed by atoms with E-state index in [2.05, 4.69) is 15.3 Å². The summed E-state index contributed by atoms with van der Waals surface area (Å²) in [6, 6.07) is 14.8. The Hall–Kier alpha value is -4.78. The molecule has 1 N–H and O–H groups in total. The van der Waals surface area contributed by atoms with Crippen molar-refractivity contribution >= 4 is 39.7 Å². The van der Waals surface area contributed by atoms with E-state index in [9.17, 15) is 27.9 Å². The van der Waals surface area contributed by atoms with E-state index in [4.69, 9.17) is 4.42 Å². The van der Waals surface area contributed by atoms with Gasteiger partial charge in [0.2, 0.25) is 0 Å². The first kappa shape index (κ1) is 30.3. The van der Waals surface area contributed by atoms with Gasteiger partial charge in [-0.2, -0.15) is 22.9 Å². The van der Waals surface area contributed by atoms with Crippen LogP contribution in [0, 0.1) is 6.92 Å². The lowest BCUT2D eigenvalue weighted by Crippen LogP contribution is -2.37. The lowest BCUT2D eigenvalue weighted by Gasteiger charge is -2.22. The molecule has 0 bridgehead atoms. The molecule has 0 fully saturated rings. The van der Waals surface area contributed by atoms with E-state index in [0.29, 0.717) is 35.0 Å². The molecule has 1 aliphatic rings. The Bertz CT molecular complexity index is 2060. The van der Waals surface area contributed by atoms with Crippen LogP contribution in [0.15, 0.2) is 68.9 Å². The summed E-state index contributed by atoms with van der Waals surface area (Å²) < 4.78 is 50.7. The zero-order valence-corrected chi connectivity index (χ0v) is 25.6. The van der Waals surface area contributed by atoms with Gasteiger partial charge in [-0.05, 0) is 58.0 Å². The van der Waals surface area contributed by atoms with E-state index in [1.165, 1.54) is 22.9 Å². The summed E-state index contributed by atoms with van der Waals surface area (Å²) in [7, 11) is 0. The van der Waals surface area contributed by atoms with E-state index in [-0.39, 0.29) is 33.8 Å². The van der Waals surface area contributed by atoms with E-state index in [1.54, 1.807) is 19.1 Å².